The summed E-state index contributed by atoms with van der Waals surface area (Å²) < 4.78 is 6.11. The fourth-order valence-corrected chi connectivity index (χ4v) is 2.89. The van der Waals surface area contributed by atoms with Crippen LogP contribution in [0.2, 0.25) is 0 Å². The Kier molecular flexibility index (Phi) is 9.10. The third-order valence-corrected chi connectivity index (χ3v) is 4.20. The van der Waals surface area contributed by atoms with Crippen LogP contribution in [0, 0.1) is 6.92 Å². The van der Waals surface area contributed by atoms with Crippen LogP contribution in [0.15, 0.2) is 12.4 Å². The van der Waals surface area contributed by atoms with Crippen LogP contribution >= 0.6 is 0 Å². The molecule has 0 aromatic carbocycles. The molecule has 9 heteroatoms. The average Bonchev–Trinajstić information content (AvgIpc) is 2.58. The van der Waals surface area contributed by atoms with Gasteiger partial charge in [-0.1, -0.05) is 0 Å². The van der Waals surface area contributed by atoms with Gasteiger partial charge in [0.05, 0.1) is 18.8 Å². The van der Waals surface area contributed by atoms with Crippen LogP contribution in [0.4, 0.5) is 5.95 Å². The molecule has 0 bridgehead atoms. The van der Waals surface area contributed by atoms with Gasteiger partial charge in [0.25, 0.3) is 11.9 Å². The van der Waals surface area contributed by atoms with Gasteiger partial charge in [0.1, 0.15) is 0 Å². The molecule has 0 amide bonds. The molecule has 152 valence electrons. The van der Waals surface area contributed by atoms with Crippen molar-refractivity contribution in [2.75, 3.05) is 44.7 Å². The number of anilines is 1. The highest BCUT2D eigenvalue weighted by molar-refractivity contribution is 5.63. The molecule has 0 saturated carbocycles. The minimum absolute atomic E-state index is 0.0129. The van der Waals surface area contributed by atoms with Gasteiger partial charge in [-0.2, -0.15) is 0 Å². The maximum atomic E-state index is 9.00. The van der Waals surface area contributed by atoms with Crippen LogP contribution in [0.25, 0.3) is 0 Å². The van der Waals surface area contributed by atoms with Crippen molar-refractivity contribution in [1.82, 2.24) is 14.9 Å². The molecule has 2 fully saturated rings. The van der Waals surface area contributed by atoms with E-state index in [0.29, 0.717) is 0 Å². The number of hydrogen-bond donors (Lipinski definition) is 2. The summed E-state index contributed by atoms with van der Waals surface area (Å²) >= 11 is 0. The minimum atomic E-state index is -0.833. The molecule has 0 unspecified atom stereocenters. The Labute approximate surface area is 160 Å². The normalized spacial score (nSPS) is 18.6. The van der Waals surface area contributed by atoms with Crippen LogP contribution in [-0.2, 0) is 14.3 Å². The molecule has 9 nitrogen and oxygen atoms in total. The highest BCUT2D eigenvalue weighted by atomic mass is 16.5. The summed E-state index contributed by atoms with van der Waals surface area (Å²) in [5.41, 5.74) is 1.12. The summed E-state index contributed by atoms with van der Waals surface area (Å²) in [6.45, 7) is 9.00. The van der Waals surface area contributed by atoms with Crippen LogP contribution in [-0.4, -0.2) is 82.5 Å². The fourth-order valence-electron chi connectivity index (χ4n) is 2.89. The van der Waals surface area contributed by atoms with E-state index in [9.17, 15) is 0 Å². The van der Waals surface area contributed by atoms with E-state index in [2.05, 4.69) is 26.8 Å². The maximum Gasteiger partial charge on any atom is 0.300 e. The molecule has 1 aromatic heterocycles. The summed E-state index contributed by atoms with van der Waals surface area (Å²) in [5.74, 6) is -0.827. The average molecular weight is 382 g/mol. The van der Waals surface area contributed by atoms with E-state index >= 15 is 0 Å². The first-order valence-electron chi connectivity index (χ1n) is 8.89. The number of likely N-dealkylation sites (tertiary alicyclic amines) is 1. The van der Waals surface area contributed by atoms with E-state index in [0.717, 1.165) is 71.0 Å². The van der Waals surface area contributed by atoms with Crippen LogP contribution < -0.4 is 4.90 Å². The number of aromatic nitrogens is 2. The topological polar surface area (TPSA) is 116 Å². The molecule has 2 N–H and O–H groups in total. The maximum absolute atomic E-state index is 9.00. The van der Waals surface area contributed by atoms with Gasteiger partial charge >= 0.3 is 0 Å². The molecule has 2 aliphatic rings. The molecule has 3 rings (SSSR count). The fraction of sp³-hybridized carbons (Fsp3) is 0.667. The second-order valence-electron chi connectivity index (χ2n) is 6.85. The lowest BCUT2D eigenvalue weighted by atomic mass is 9.89. The van der Waals surface area contributed by atoms with Crippen LogP contribution in [0.5, 0.6) is 0 Å². The molecule has 2 aliphatic heterocycles. The first kappa shape index (κ1) is 22.8. The number of carboxylic acid groups (broad SMARTS) is 2. The third kappa shape index (κ3) is 8.78. The monoisotopic (exact) mass is 382 g/mol. The van der Waals surface area contributed by atoms with Gasteiger partial charge in [-0.3, -0.25) is 9.59 Å². The van der Waals surface area contributed by atoms with E-state index in [-0.39, 0.29) is 5.60 Å². The van der Waals surface area contributed by atoms with Gasteiger partial charge < -0.3 is 24.7 Å². The number of carbonyl (C=O) groups is 2. The highest BCUT2D eigenvalue weighted by Crippen LogP contribution is 2.30. The highest BCUT2D eigenvalue weighted by Gasteiger charge is 2.39. The van der Waals surface area contributed by atoms with Gasteiger partial charge in [0, 0.05) is 45.9 Å². The van der Waals surface area contributed by atoms with Crippen molar-refractivity contribution in [3.8, 4) is 0 Å². The molecule has 0 radical (unpaired) electrons. The van der Waals surface area contributed by atoms with E-state index < -0.39 is 11.9 Å². The van der Waals surface area contributed by atoms with Gasteiger partial charge in [0.15, 0.2) is 0 Å². The zero-order valence-electron chi connectivity index (χ0n) is 16.5. The second kappa shape index (κ2) is 10.8. The number of hydrogen-bond acceptors (Lipinski definition) is 7. The molecule has 27 heavy (non-hydrogen) atoms. The lowest BCUT2D eigenvalue weighted by Crippen LogP contribution is -2.56. The Balaban J connectivity index is 0.000000390. The largest absolute Gasteiger partial charge is 0.481 e. The minimum Gasteiger partial charge on any atom is -0.481 e. The summed E-state index contributed by atoms with van der Waals surface area (Å²) in [6, 6.07) is 0. The van der Waals surface area contributed by atoms with E-state index in [1.807, 2.05) is 19.3 Å². The van der Waals surface area contributed by atoms with Gasteiger partial charge in [-0.15, -0.1) is 0 Å². The van der Waals surface area contributed by atoms with Crippen molar-refractivity contribution in [2.45, 2.75) is 39.2 Å². The van der Waals surface area contributed by atoms with Gasteiger partial charge in [0.2, 0.25) is 5.95 Å². The zero-order chi connectivity index (χ0) is 20.4. The predicted molar refractivity (Wildman–Crippen MR) is 101 cm³/mol. The SMILES string of the molecule is CC(=O)O.CC(=O)O.Cc1cnc(N2CCOC3(CCN(C)CC3)C2)nc1. The lowest BCUT2D eigenvalue weighted by molar-refractivity contribution is -0.135. The van der Waals surface area contributed by atoms with Crippen molar-refractivity contribution < 1.29 is 24.5 Å². The van der Waals surface area contributed by atoms with Gasteiger partial charge in [-0.25, -0.2) is 9.97 Å². The second-order valence-corrected chi connectivity index (χ2v) is 6.85. The number of rotatable bonds is 1. The number of aliphatic carboxylic acids is 2. The van der Waals surface area contributed by atoms with Crippen LogP contribution in [0.1, 0.15) is 32.3 Å². The number of aryl methyl sites for hydroxylation is 1. The first-order valence-corrected chi connectivity index (χ1v) is 8.89. The molecule has 3 heterocycles. The lowest BCUT2D eigenvalue weighted by Gasteiger charge is -2.46. The predicted octanol–water partition coefficient (Wildman–Crippen LogP) is 1.27. The van der Waals surface area contributed by atoms with E-state index in [1.54, 1.807) is 0 Å². The number of carboxylic acids is 2. The Bertz CT molecular complexity index is 580. The van der Waals surface area contributed by atoms with Crippen molar-refractivity contribution in [1.29, 1.82) is 0 Å². The summed E-state index contributed by atoms with van der Waals surface area (Å²) in [5, 5.41) is 14.8. The molecule has 2 saturated heterocycles. The Hall–Kier alpha value is -2.26. The molecule has 1 aromatic rings. The van der Waals surface area contributed by atoms with E-state index in [4.69, 9.17) is 24.5 Å². The van der Waals surface area contributed by atoms with Crippen molar-refractivity contribution in [3.05, 3.63) is 18.0 Å². The molecule has 1 spiro atoms. The number of piperidine rings is 1. The standard InChI is InChI=1S/C14H22N4O.2C2H4O2/c1-12-9-15-13(16-10-12)18-7-8-19-14(11-18)3-5-17(2)6-4-14;2*1-2(3)4/h9-10H,3-8,11H2,1-2H3;2*1H3,(H,3,4). The number of ether oxygens (including phenoxy) is 1. The third-order valence-electron chi connectivity index (χ3n) is 4.20. The van der Waals surface area contributed by atoms with E-state index in [1.165, 1.54) is 0 Å². The molecule has 0 atom stereocenters. The molecule has 0 aliphatic carbocycles. The summed E-state index contributed by atoms with van der Waals surface area (Å²) in [6.07, 6.45) is 5.98. The Morgan fingerprint density at radius 3 is 2.04 bits per heavy atom. The van der Waals surface area contributed by atoms with Crippen LogP contribution in [0.3, 0.4) is 0 Å². The smallest absolute Gasteiger partial charge is 0.300 e. The number of morpholine rings is 1. The molecular formula is C18H30N4O5. The zero-order valence-corrected chi connectivity index (χ0v) is 16.5. The quantitative estimate of drug-likeness (QED) is 0.740. The molecular weight excluding hydrogens is 352 g/mol. The van der Waals surface area contributed by atoms with Crippen molar-refractivity contribution >= 4 is 17.9 Å². The first-order chi connectivity index (χ1) is 12.6. The summed E-state index contributed by atoms with van der Waals surface area (Å²) in [4.78, 5) is 31.5. The number of nitrogens with zero attached hydrogens (tertiary/aromatic N) is 4. The van der Waals surface area contributed by atoms with Crippen molar-refractivity contribution in [2.24, 2.45) is 0 Å². The van der Waals surface area contributed by atoms with Crippen molar-refractivity contribution in [3.63, 3.8) is 0 Å². The van der Waals surface area contributed by atoms with Gasteiger partial charge in [-0.05, 0) is 32.4 Å². The Morgan fingerprint density at radius 1 is 1.07 bits per heavy atom. The Morgan fingerprint density at radius 2 is 1.56 bits per heavy atom. The summed E-state index contributed by atoms with van der Waals surface area (Å²) in [7, 11) is 2.18.